The van der Waals surface area contributed by atoms with Crippen LogP contribution in [-0.2, 0) is 0 Å². The molecule has 2 rings (SSSR count). The van der Waals surface area contributed by atoms with Gasteiger partial charge in [-0.3, -0.25) is 0 Å². The van der Waals surface area contributed by atoms with Crippen LogP contribution in [0.2, 0.25) is 0 Å². The maximum absolute atomic E-state index is 13.3. The first kappa shape index (κ1) is 13.2. The number of hydrogen-bond donors (Lipinski definition) is 2. The summed E-state index contributed by atoms with van der Waals surface area (Å²) in [6.45, 7) is 0. The van der Waals surface area contributed by atoms with Crippen LogP contribution in [-0.4, -0.2) is 22.7 Å². The number of halogens is 2. The number of aliphatic hydroxyl groups is 1. The lowest BCUT2D eigenvalue weighted by molar-refractivity contribution is -0.0789. The first-order valence-corrected chi connectivity index (χ1v) is 6.74. The molecule has 3 N–H and O–H groups in total. The quantitative estimate of drug-likeness (QED) is 0.788. The van der Waals surface area contributed by atoms with Crippen LogP contribution in [0.25, 0.3) is 0 Å². The molecule has 17 heavy (non-hydrogen) atoms. The van der Waals surface area contributed by atoms with Gasteiger partial charge in [0.05, 0.1) is 5.60 Å². The fraction of sp³-hybridized carbons (Fsp3) is 1.00. The highest BCUT2D eigenvalue weighted by Gasteiger charge is 2.41. The largest absolute Gasteiger partial charge is 0.390 e. The van der Waals surface area contributed by atoms with Crippen molar-refractivity contribution in [3.8, 4) is 0 Å². The van der Waals surface area contributed by atoms with E-state index in [1.54, 1.807) is 0 Å². The second-order valence-electron chi connectivity index (χ2n) is 6.08. The second kappa shape index (κ2) is 4.81. The molecule has 4 heteroatoms. The second-order valence-corrected chi connectivity index (χ2v) is 6.08. The Kier molecular flexibility index (Phi) is 3.74. The Morgan fingerprint density at radius 2 is 1.76 bits per heavy atom. The van der Waals surface area contributed by atoms with Crippen molar-refractivity contribution in [3.05, 3.63) is 0 Å². The molecule has 0 saturated heterocycles. The molecule has 2 saturated carbocycles. The van der Waals surface area contributed by atoms with Gasteiger partial charge in [0.25, 0.3) is 0 Å². The van der Waals surface area contributed by atoms with Crippen LogP contribution < -0.4 is 5.73 Å². The van der Waals surface area contributed by atoms with Gasteiger partial charge in [-0.05, 0) is 50.9 Å². The fourth-order valence-corrected chi connectivity index (χ4v) is 3.37. The number of alkyl halides is 2. The van der Waals surface area contributed by atoms with Gasteiger partial charge in [0.1, 0.15) is 0 Å². The predicted octanol–water partition coefficient (Wildman–Crippen LogP) is 2.83. The number of rotatable bonds is 2. The maximum atomic E-state index is 13.3. The first-order valence-electron chi connectivity index (χ1n) is 6.74. The summed E-state index contributed by atoms with van der Waals surface area (Å²) in [5.74, 6) is -2.53. The van der Waals surface area contributed by atoms with Gasteiger partial charge >= 0.3 is 0 Å². The average Bonchev–Trinajstić information content (AvgIpc) is 2.21. The van der Waals surface area contributed by atoms with Gasteiger partial charge in [-0.25, -0.2) is 8.78 Å². The van der Waals surface area contributed by atoms with E-state index in [-0.39, 0.29) is 24.8 Å². The molecule has 100 valence electrons. The van der Waals surface area contributed by atoms with Crippen molar-refractivity contribution < 1.29 is 13.9 Å². The molecule has 2 aliphatic carbocycles. The van der Waals surface area contributed by atoms with Crippen molar-refractivity contribution in [2.24, 2.45) is 11.7 Å². The highest BCUT2D eigenvalue weighted by molar-refractivity contribution is 4.91. The van der Waals surface area contributed by atoms with E-state index in [0.717, 1.165) is 19.3 Å². The topological polar surface area (TPSA) is 46.2 Å². The molecule has 0 radical (unpaired) electrons. The molecular formula is C13H23F2NO. The Morgan fingerprint density at radius 1 is 1.12 bits per heavy atom. The van der Waals surface area contributed by atoms with Crippen molar-refractivity contribution in [2.75, 3.05) is 0 Å². The minimum atomic E-state index is -2.51. The lowest BCUT2D eigenvalue weighted by Crippen LogP contribution is -2.41. The molecule has 0 spiro atoms. The monoisotopic (exact) mass is 247 g/mol. The van der Waals surface area contributed by atoms with Crippen LogP contribution in [0.3, 0.4) is 0 Å². The molecule has 1 unspecified atom stereocenters. The van der Waals surface area contributed by atoms with Gasteiger partial charge in [-0.1, -0.05) is 0 Å². The Hall–Kier alpha value is -0.220. The summed E-state index contributed by atoms with van der Waals surface area (Å²) in [4.78, 5) is 0. The molecule has 2 aliphatic rings. The van der Waals surface area contributed by atoms with Gasteiger partial charge in [-0.2, -0.15) is 0 Å². The van der Waals surface area contributed by atoms with Gasteiger partial charge in [-0.15, -0.1) is 0 Å². The van der Waals surface area contributed by atoms with Gasteiger partial charge < -0.3 is 10.8 Å². The molecule has 2 nitrogen and oxygen atoms in total. The van der Waals surface area contributed by atoms with Gasteiger partial charge in [0.15, 0.2) is 0 Å². The number of nitrogens with two attached hydrogens (primary N) is 1. The molecule has 0 heterocycles. The third-order valence-electron chi connectivity index (χ3n) is 4.37. The van der Waals surface area contributed by atoms with Crippen LogP contribution in [0.4, 0.5) is 8.78 Å². The molecule has 2 fully saturated rings. The Bertz CT molecular complexity index is 262. The minimum Gasteiger partial charge on any atom is -0.390 e. The van der Waals surface area contributed by atoms with Crippen LogP contribution in [0.1, 0.15) is 57.8 Å². The first-order chi connectivity index (χ1) is 7.89. The fourth-order valence-electron chi connectivity index (χ4n) is 3.37. The molecule has 0 aliphatic heterocycles. The Labute approximate surface area is 102 Å². The van der Waals surface area contributed by atoms with Crippen molar-refractivity contribution in [2.45, 2.75) is 75.4 Å². The Balaban J connectivity index is 1.87. The zero-order chi connectivity index (χ0) is 12.5. The third kappa shape index (κ3) is 3.62. The molecule has 0 aromatic rings. The molecule has 0 aromatic heterocycles. The summed E-state index contributed by atoms with van der Waals surface area (Å²) < 4.78 is 26.6. The molecular weight excluding hydrogens is 224 g/mol. The highest BCUT2D eigenvalue weighted by atomic mass is 19.3. The van der Waals surface area contributed by atoms with Crippen molar-refractivity contribution in [3.63, 3.8) is 0 Å². The van der Waals surface area contributed by atoms with E-state index < -0.39 is 11.5 Å². The average molecular weight is 247 g/mol. The van der Waals surface area contributed by atoms with E-state index in [1.807, 2.05) is 0 Å². The molecule has 0 aromatic carbocycles. The summed E-state index contributed by atoms with van der Waals surface area (Å²) >= 11 is 0. The summed E-state index contributed by atoms with van der Waals surface area (Å²) in [7, 11) is 0. The molecule has 0 bridgehead atoms. The van der Waals surface area contributed by atoms with Crippen molar-refractivity contribution in [1.82, 2.24) is 0 Å². The zero-order valence-corrected chi connectivity index (χ0v) is 10.3. The highest BCUT2D eigenvalue weighted by Crippen LogP contribution is 2.42. The SMILES string of the molecule is NC1CCC(O)(CC2CCCC(F)(F)C2)CC1. The summed E-state index contributed by atoms with van der Waals surface area (Å²) in [5, 5.41) is 10.4. The van der Waals surface area contributed by atoms with Crippen LogP contribution in [0, 0.1) is 5.92 Å². The predicted molar refractivity (Wildman–Crippen MR) is 62.9 cm³/mol. The maximum Gasteiger partial charge on any atom is 0.248 e. The van der Waals surface area contributed by atoms with E-state index in [2.05, 4.69) is 0 Å². The Morgan fingerprint density at radius 3 is 2.35 bits per heavy atom. The van der Waals surface area contributed by atoms with Crippen molar-refractivity contribution in [1.29, 1.82) is 0 Å². The molecule has 1 atom stereocenters. The minimum absolute atomic E-state index is 0.0157. The smallest absolute Gasteiger partial charge is 0.248 e. The summed E-state index contributed by atoms with van der Waals surface area (Å²) in [6, 6.07) is 0.183. The number of hydrogen-bond acceptors (Lipinski definition) is 2. The normalized spacial score (nSPS) is 42.4. The van der Waals surface area contributed by atoms with Crippen LogP contribution in [0.15, 0.2) is 0 Å². The summed E-state index contributed by atoms with van der Waals surface area (Å²) in [5.41, 5.74) is 5.07. The zero-order valence-electron chi connectivity index (χ0n) is 10.3. The van der Waals surface area contributed by atoms with E-state index in [0.29, 0.717) is 25.7 Å². The van der Waals surface area contributed by atoms with Crippen LogP contribution in [0.5, 0.6) is 0 Å². The lowest BCUT2D eigenvalue weighted by Gasteiger charge is -2.39. The van der Waals surface area contributed by atoms with E-state index in [1.165, 1.54) is 0 Å². The van der Waals surface area contributed by atoms with E-state index in [9.17, 15) is 13.9 Å². The molecule has 0 amide bonds. The van der Waals surface area contributed by atoms with Gasteiger partial charge in [0.2, 0.25) is 5.92 Å². The van der Waals surface area contributed by atoms with Crippen molar-refractivity contribution >= 4 is 0 Å². The lowest BCUT2D eigenvalue weighted by atomic mass is 9.73. The summed E-state index contributed by atoms with van der Waals surface area (Å²) in [6.07, 6.45) is 4.94. The van der Waals surface area contributed by atoms with E-state index >= 15 is 0 Å². The standard InChI is InChI=1S/C13H23F2NO/c14-13(15)5-1-2-10(9-13)8-12(17)6-3-11(16)4-7-12/h10-11,17H,1-9,16H2. The van der Waals surface area contributed by atoms with Crippen LogP contribution >= 0.6 is 0 Å². The van der Waals surface area contributed by atoms with E-state index in [4.69, 9.17) is 5.73 Å². The van der Waals surface area contributed by atoms with Gasteiger partial charge in [0, 0.05) is 18.9 Å². The third-order valence-corrected chi connectivity index (χ3v) is 4.37.